The van der Waals surface area contributed by atoms with E-state index in [0.29, 0.717) is 11.5 Å². The highest BCUT2D eigenvalue weighted by molar-refractivity contribution is 9.10. The summed E-state index contributed by atoms with van der Waals surface area (Å²) in [5.74, 6) is 1.61. The number of carbonyl (C=O) groups excluding carboxylic acids is 1. The van der Waals surface area contributed by atoms with Crippen LogP contribution in [0.5, 0.6) is 0 Å². The van der Waals surface area contributed by atoms with Crippen LogP contribution in [0.4, 0.5) is 11.5 Å². The lowest BCUT2D eigenvalue weighted by Gasteiger charge is -2.22. The summed E-state index contributed by atoms with van der Waals surface area (Å²) in [6.45, 7) is 4.99. The number of hydrogen-bond acceptors (Lipinski definition) is 3. The Kier molecular flexibility index (Phi) is 6.89. The van der Waals surface area contributed by atoms with E-state index in [1.54, 1.807) is 6.20 Å². The first-order valence-electron chi connectivity index (χ1n) is 9.83. The number of amides is 1. The van der Waals surface area contributed by atoms with Crippen molar-refractivity contribution in [1.29, 1.82) is 0 Å². The van der Waals surface area contributed by atoms with Crippen molar-refractivity contribution >= 4 is 33.3 Å². The topological polar surface area (TPSA) is 54.0 Å². The number of nitrogens with zero attached hydrogens (tertiary/aromatic N) is 1. The fourth-order valence-corrected chi connectivity index (χ4v) is 4.04. The van der Waals surface area contributed by atoms with Gasteiger partial charge in [0, 0.05) is 22.9 Å². The summed E-state index contributed by atoms with van der Waals surface area (Å²) in [5, 5.41) is 6.45. The second kappa shape index (κ2) is 9.36. The van der Waals surface area contributed by atoms with Gasteiger partial charge >= 0.3 is 0 Å². The van der Waals surface area contributed by atoms with E-state index < -0.39 is 0 Å². The van der Waals surface area contributed by atoms with Gasteiger partial charge < -0.3 is 10.6 Å². The highest BCUT2D eigenvalue weighted by Crippen LogP contribution is 2.26. The highest BCUT2D eigenvalue weighted by atomic mass is 79.9. The number of rotatable bonds is 6. The molecule has 144 valence electrons. The minimum Gasteiger partial charge on any atom is -0.352 e. The summed E-state index contributed by atoms with van der Waals surface area (Å²) in [6.07, 6.45) is 8.06. The van der Waals surface area contributed by atoms with Gasteiger partial charge in [0.1, 0.15) is 5.82 Å². The number of hydrogen-bond donors (Lipinski definition) is 2. The SMILES string of the molecule is CC(C)c1cc(Nc2cccc(Br)c2)ncc1C(=O)NCC1CCCCC1. The lowest BCUT2D eigenvalue weighted by atomic mass is 9.89. The molecule has 0 saturated heterocycles. The molecule has 0 atom stereocenters. The van der Waals surface area contributed by atoms with E-state index in [4.69, 9.17) is 0 Å². The molecule has 2 aromatic rings. The first-order chi connectivity index (χ1) is 13.0. The van der Waals surface area contributed by atoms with E-state index in [-0.39, 0.29) is 11.8 Å². The van der Waals surface area contributed by atoms with E-state index in [1.807, 2.05) is 30.3 Å². The molecule has 0 aliphatic heterocycles. The van der Waals surface area contributed by atoms with Gasteiger partial charge in [-0.2, -0.15) is 0 Å². The van der Waals surface area contributed by atoms with Crippen LogP contribution in [0.25, 0.3) is 0 Å². The molecule has 0 spiro atoms. The molecule has 4 nitrogen and oxygen atoms in total. The van der Waals surface area contributed by atoms with Gasteiger partial charge in [-0.3, -0.25) is 4.79 Å². The van der Waals surface area contributed by atoms with Gasteiger partial charge in [-0.1, -0.05) is 55.1 Å². The third kappa shape index (κ3) is 5.55. The van der Waals surface area contributed by atoms with E-state index in [0.717, 1.165) is 28.1 Å². The Morgan fingerprint density at radius 2 is 2.00 bits per heavy atom. The zero-order chi connectivity index (χ0) is 19.2. The van der Waals surface area contributed by atoms with Gasteiger partial charge in [0.2, 0.25) is 0 Å². The van der Waals surface area contributed by atoms with Crippen molar-refractivity contribution in [3.63, 3.8) is 0 Å². The van der Waals surface area contributed by atoms with Crippen LogP contribution in [-0.4, -0.2) is 17.4 Å². The van der Waals surface area contributed by atoms with Crippen LogP contribution in [0.2, 0.25) is 0 Å². The molecule has 1 amide bonds. The Labute approximate surface area is 170 Å². The van der Waals surface area contributed by atoms with E-state index in [1.165, 1.54) is 32.1 Å². The van der Waals surface area contributed by atoms with Crippen molar-refractivity contribution in [3.8, 4) is 0 Å². The van der Waals surface area contributed by atoms with Crippen molar-refractivity contribution in [1.82, 2.24) is 10.3 Å². The molecule has 0 unspecified atom stereocenters. The molecule has 1 saturated carbocycles. The number of benzene rings is 1. The summed E-state index contributed by atoms with van der Waals surface area (Å²) >= 11 is 3.48. The maximum Gasteiger partial charge on any atom is 0.253 e. The predicted octanol–water partition coefficient (Wildman–Crippen LogP) is 6.02. The van der Waals surface area contributed by atoms with Crippen LogP contribution < -0.4 is 10.6 Å². The van der Waals surface area contributed by atoms with E-state index in [9.17, 15) is 4.79 Å². The van der Waals surface area contributed by atoms with Crippen molar-refractivity contribution in [2.24, 2.45) is 5.92 Å². The maximum atomic E-state index is 12.7. The average Bonchev–Trinajstić information content (AvgIpc) is 2.67. The molecular weight excluding hydrogens is 402 g/mol. The van der Waals surface area contributed by atoms with Crippen LogP contribution in [0.15, 0.2) is 41.0 Å². The monoisotopic (exact) mass is 429 g/mol. The smallest absolute Gasteiger partial charge is 0.253 e. The molecule has 0 bridgehead atoms. The largest absolute Gasteiger partial charge is 0.352 e. The van der Waals surface area contributed by atoms with Crippen LogP contribution >= 0.6 is 15.9 Å². The molecule has 1 aromatic heterocycles. The maximum absolute atomic E-state index is 12.7. The average molecular weight is 430 g/mol. The molecule has 1 aliphatic rings. The van der Waals surface area contributed by atoms with Crippen LogP contribution in [0.1, 0.15) is 67.8 Å². The van der Waals surface area contributed by atoms with Gasteiger partial charge in [-0.25, -0.2) is 4.98 Å². The second-order valence-electron chi connectivity index (χ2n) is 7.66. The molecule has 0 radical (unpaired) electrons. The molecule has 27 heavy (non-hydrogen) atoms. The molecule has 1 aliphatic carbocycles. The standard InChI is InChI=1S/C22H28BrN3O/c1-15(2)19-12-21(26-18-10-6-9-17(23)11-18)24-14-20(19)22(27)25-13-16-7-4-3-5-8-16/h6,9-12,14-16H,3-5,7-8,13H2,1-2H3,(H,24,26)(H,25,27). The van der Waals surface area contributed by atoms with Gasteiger partial charge in [0.05, 0.1) is 5.56 Å². The fourth-order valence-electron chi connectivity index (χ4n) is 3.64. The molecular formula is C22H28BrN3O. The number of nitrogens with one attached hydrogen (secondary N) is 2. The lowest BCUT2D eigenvalue weighted by Crippen LogP contribution is -2.31. The Morgan fingerprint density at radius 1 is 1.22 bits per heavy atom. The van der Waals surface area contributed by atoms with Gasteiger partial charge in [0.25, 0.3) is 5.91 Å². The summed E-state index contributed by atoms with van der Waals surface area (Å²) in [5.41, 5.74) is 2.66. The number of aromatic nitrogens is 1. The van der Waals surface area contributed by atoms with Crippen molar-refractivity contribution in [2.45, 2.75) is 51.9 Å². The van der Waals surface area contributed by atoms with Gasteiger partial charge in [0.15, 0.2) is 0 Å². The number of carbonyl (C=O) groups is 1. The van der Waals surface area contributed by atoms with Crippen molar-refractivity contribution in [3.05, 3.63) is 52.1 Å². The molecule has 2 N–H and O–H groups in total. The lowest BCUT2D eigenvalue weighted by molar-refractivity contribution is 0.0942. The van der Waals surface area contributed by atoms with E-state index >= 15 is 0 Å². The number of anilines is 2. The molecule has 1 fully saturated rings. The minimum atomic E-state index is -0.00854. The first kappa shape index (κ1) is 19.9. The molecule has 3 rings (SSSR count). The molecule has 1 aromatic carbocycles. The number of pyridine rings is 1. The third-order valence-electron chi connectivity index (χ3n) is 5.18. The summed E-state index contributed by atoms with van der Waals surface area (Å²) in [6, 6.07) is 9.94. The summed E-state index contributed by atoms with van der Waals surface area (Å²) in [7, 11) is 0. The Balaban J connectivity index is 1.71. The quantitative estimate of drug-likeness (QED) is 0.589. The predicted molar refractivity (Wildman–Crippen MR) is 115 cm³/mol. The summed E-state index contributed by atoms with van der Waals surface area (Å²) < 4.78 is 1.01. The third-order valence-corrected chi connectivity index (χ3v) is 5.67. The Morgan fingerprint density at radius 3 is 2.70 bits per heavy atom. The zero-order valence-corrected chi connectivity index (χ0v) is 17.7. The van der Waals surface area contributed by atoms with Crippen LogP contribution in [0, 0.1) is 5.92 Å². The van der Waals surface area contributed by atoms with Crippen LogP contribution in [0.3, 0.4) is 0 Å². The Bertz CT molecular complexity index is 785. The molecule has 5 heteroatoms. The van der Waals surface area contributed by atoms with E-state index in [2.05, 4.69) is 45.4 Å². The van der Waals surface area contributed by atoms with Crippen molar-refractivity contribution < 1.29 is 4.79 Å². The van der Waals surface area contributed by atoms with Gasteiger partial charge in [-0.05, 0) is 54.5 Å². The highest BCUT2D eigenvalue weighted by Gasteiger charge is 2.18. The number of halogens is 1. The normalized spacial score (nSPS) is 15.0. The fraction of sp³-hybridized carbons (Fsp3) is 0.455. The molecule has 1 heterocycles. The summed E-state index contributed by atoms with van der Waals surface area (Å²) in [4.78, 5) is 17.2. The van der Waals surface area contributed by atoms with Crippen LogP contribution in [-0.2, 0) is 0 Å². The Hall–Kier alpha value is -1.88. The van der Waals surface area contributed by atoms with Crippen molar-refractivity contribution in [2.75, 3.05) is 11.9 Å². The second-order valence-corrected chi connectivity index (χ2v) is 8.58. The zero-order valence-electron chi connectivity index (χ0n) is 16.1. The first-order valence-corrected chi connectivity index (χ1v) is 10.6. The minimum absolute atomic E-state index is 0.00854. The van der Waals surface area contributed by atoms with Gasteiger partial charge in [-0.15, -0.1) is 0 Å².